The molecule has 1 heterocycles. The highest BCUT2D eigenvalue weighted by molar-refractivity contribution is 7.99. The number of benzene rings is 1. The highest BCUT2D eigenvalue weighted by atomic mass is 32.2. The number of carbonyl (C=O) groups is 1. The van der Waals surface area contributed by atoms with Crippen LogP contribution in [0.2, 0.25) is 0 Å². The molecule has 1 amide bonds. The first-order valence-corrected chi connectivity index (χ1v) is 6.61. The van der Waals surface area contributed by atoms with Gasteiger partial charge >= 0.3 is 0 Å². The van der Waals surface area contributed by atoms with E-state index in [1.54, 1.807) is 11.9 Å². The van der Waals surface area contributed by atoms with Crippen LogP contribution in [0, 0.1) is 0 Å². The zero-order valence-electron chi connectivity index (χ0n) is 9.59. The molecule has 0 aromatic heterocycles. The monoisotopic (exact) mass is 253 g/mol. The molecule has 1 saturated heterocycles. The minimum Gasteiger partial charge on any atom is -0.508 e. The number of hydrogen-bond donors (Lipinski definition) is 2. The lowest BCUT2D eigenvalue weighted by Gasteiger charge is -2.23. The van der Waals surface area contributed by atoms with E-state index >= 15 is 0 Å². The number of phenolic OH excluding ortho intramolecular Hbond substituents is 2. The first-order valence-electron chi connectivity index (χ1n) is 5.46. The van der Waals surface area contributed by atoms with E-state index < -0.39 is 0 Å². The van der Waals surface area contributed by atoms with E-state index in [2.05, 4.69) is 0 Å². The van der Waals surface area contributed by atoms with E-state index in [4.69, 9.17) is 0 Å². The summed E-state index contributed by atoms with van der Waals surface area (Å²) in [5, 5.41) is 18.7. The Morgan fingerprint density at radius 2 is 2.00 bits per heavy atom. The summed E-state index contributed by atoms with van der Waals surface area (Å²) >= 11 is 1.84. The maximum Gasteiger partial charge on any atom is 0.254 e. The van der Waals surface area contributed by atoms with E-state index in [0.29, 0.717) is 5.56 Å². The fraction of sp³-hybridized carbons (Fsp3) is 0.417. The lowest BCUT2D eigenvalue weighted by atomic mass is 10.1. The molecule has 92 valence electrons. The molecular weight excluding hydrogens is 238 g/mol. The lowest BCUT2D eigenvalue weighted by Crippen LogP contribution is -2.36. The predicted octanol–water partition coefficient (Wildman–Crippen LogP) is 1.68. The van der Waals surface area contributed by atoms with Crippen molar-refractivity contribution in [1.82, 2.24) is 4.90 Å². The van der Waals surface area contributed by atoms with Crippen LogP contribution in [0.25, 0.3) is 0 Å². The minimum absolute atomic E-state index is 0.0949. The third-order valence-electron chi connectivity index (χ3n) is 2.92. The first kappa shape index (κ1) is 12.1. The topological polar surface area (TPSA) is 60.8 Å². The molecule has 4 nitrogen and oxygen atoms in total. The van der Waals surface area contributed by atoms with Crippen LogP contribution in [-0.2, 0) is 0 Å². The van der Waals surface area contributed by atoms with Gasteiger partial charge in [0.2, 0.25) is 0 Å². The molecule has 1 atom stereocenters. The van der Waals surface area contributed by atoms with Crippen molar-refractivity contribution in [3.05, 3.63) is 23.8 Å². The summed E-state index contributed by atoms with van der Waals surface area (Å²) in [7, 11) is 1.76. The SMILES string of the molecule is CN(C(=O)c1cc(O)cc(O)c1)C1CCSC1. The highest BCUT2D eigenvalue weighted by Gasteiger charge is 2.25. The van der Waals surface area contributed by atoms with Gasteiger partial charge in [-0.2, -0.15) is 11.8 Å². The maximum absolute atomic E-state index is 12.1. The maximum atomic E-state index is 12.1. The fourth-order valence-corrected chi connectivity index (χ4v) is 3.18. The Morgan fingerprint density at radius 1 is 1.35 bits per heavy atom. The van der Waals surface area contributed by atoms with Gasteiger partial charge < -0.3 is 15.1 Å². The molecule has 1 aliphatic rings. The number of carbonyl (C=O) groups excluding carboxylic acids is 1. The summed E-state index contributed by atoms with van der Waals surface area (Å²) in [4.78, 5) is 13.8. The fourth-order valence-electron chi connectivity index (χ4n) is 1.92. The van der Waals surface area contributed by atoms with E-state index in [1.807, 2.05) is 11.8 Å². The molecule has 1 aromatic carbocycles. The van der Waals surface area contributed by atoms with Gasteiger partial charge in [-0.15, -0.1) is 0 Å². The summed E-state index contributed by atoms with van der Waals surface area (Å²) in [6.07, 6.45) is 0.998. The summed E-state index contributed by atoms with van der Waals surface area (Å²) < 4.78 is 0. The van der Waals surface area contributed by atoms with Crippen LogP contribution >= 0.6 is 11.8 Å². The second-order valence-electron chi connectivity index (χ2n) is 4.17. The van der Waals surface area contributed by atoms with Gasteiger partial charge in [-0.3, -0.25) is 4.79 Å². The van der Waals surface area contributed by atoms with Gasteiger partial charge in [-0.25, -0.2) is 0 Å². The van der Waals surface area contributed by atoms with Crippen molar-refractivity contribution in [2.45, 2.75) is 12.5 Å². The third kappa shape index (κ3) is 2.66. The molecule has 1 aliphatic heterocycles. The van der Waals surface area contributed by atoms with Crippen molar-refractivity contribution in [3.63, 3.8) is 0 Å². The van der Waals surface area contributed by atoms with E-state index in [0.717, 1.165) is 17.9 Å². The third-order valence-corrected chi connectivity index (χ3v) is 4.07. The van der Waals surface area contributed by atoms with Gasteiger partial charge in [0.15, 0.2) is 0 Å². The molecule has 17 heavy (non-hydrogen) atoms. The smallest absolute Gasteiger partial charge is 0.254 e. The Hall–Kier alpha value is -1.36. The summed E-state index contributed by atoms with van der Waals surface area (Å²) in [5.41, 5.74) is 0.321. The normalized spacial score (nSPS) is 19.2. The molecule has 2 rings (SSSR count). The van der Waals surface area contributed by atoms with Crippen LogP contribution in [0.15, 0.2) is 18.2 Å². The van der Waals surface area contributed by atoms with Crippen LogP contribution in [0.5, 0.6) is 11.5 Å². The van der Waals surface area contributed by atoms with Gasteiger partial charge in [0.1, 0.15) is 11.5 Å². The van der Waals surface area contributed by atoms with Crippen LogP contribution in [0.4, 0.5) is 0 Å². The zero-order chi connectivity index (χ0) is 12.4. The lowest BCUT2D eigenvalue weighted by molar-refractivity contribution is 0.0747. The number of nitrogens with zero attached hydrogens (tertiary/aromatic N) is 1. The number of aromatic hydroxyl groups is 2. The van der Waals surface area contributed by atoms with Crippen molar-refractivity contribution in [2.24, 2.45) is 0 Å². The van der Waals surface area contributed by atoms with Crippen molar-refractivity contribution in [3.8, 4) is 11.5 Å². The Morgan fingerprint density at radius 3 is 2.53 bits per heavy atom. The van der Waals surface area contributed by atoms with E-state index in [-0.39, 0.29) is 23.4 Å². The average molecular weight is 253 g/mol. The molecule has 0 spiro atoms. The second kappa shape index (κ2) is 4.87. The molecular formula is C12H15NO3S. The Kier molecular flexibility index (Phi) is 3.47. The molecule has 0 bridgehead atoms. The number of amides is 1. The first-order chi connectivity index (χ1) is 8.08. The molecule has 0 aliphatic carbocycles. The number of phenols is 2. The molecule has 1 fully saturated rings. The summed E-state index contributed by atoms with van der Waals surface area (Å²) in [6.45, 7) is 0. The van der Waals surface area contributed by atoms with Gasteiger partial charge in [-0.05, 0) is 24.3 Å². The summed E-state index contributed by atoms with van der Waals surface area (Å²) in [6, 6.07) is 4.21. The molecule has 1 unspecified atom stereocenters. The molecule has 1 aromatic rings. The summed E-state index contributed by atoms with van der Waals surface area (Å²) in [5.74, 6) is 1.68. The average Bonchev–Trinajstić information content (AvgIpc) is 2.79. The molecule has 0 radical (unpaired) electrons. The Labute approximate surface area is 104 Å². The van der Waals surface area contributed by atoms with Crippen molar-refractivity contribution in [2.75, 3.05) is 18.6 Å². The molecule has 5 heteroatoms. The van der Waals surface area contributed by atoms with Crippen LogP contribution in [-0.4, -0.2) is 45.6 Å². The van der Waals surface area contributed by atoms with Crippen molar-refractivity contribution < 1.29 is 15.0 Å². The van der Waals surface area contributed by atoms with Crippen molar-refractivity contribution >= 4 is 17.7 Å². The highest BCUT2D eigenvalue weighted by Crippen LogP contribution is 2.25. The zero-order valence-corrected chi connectivity index (χ0v) is 10.4. The molecule has 0 saturated carbocycles. The number of hydrogen-bond acceptors (Lipinski definition) is 4. The second-order valence-corrected chi connectivity index (χ2v) is 5.32. The largest absolute Gasteiger partial charge is 0.508 e. The van der Waals surface area contributed by atoms with Crippen LogP contribution in [0.1, 0.15) is 16.8 Å². The van der Waals surface area contributed by atoms with Gasteiger partial charge in [0.05, 0.1) is 0 Å². The number of rotatable bonds is 2. The van der Waals surface area contributed by atoms with E-state index in [1.165, 1.54) is 18.2 Å². The number of thioether (sulfide) groups is 1. The van der Waals surface area contributed by atoms with Crippen LogP contribution < -0.4 is 0 Å². The van der Waals surface area contributed by atoms with E-state index in [9.17, 15) is 15.0 Å². The predicted molar refractivity (Wildman–Crippen MR) is 67.6 cm³/mol. The quantitative estimate of drug-likeness (QED) is 0.841. The van der Waals surface area contributed by atoms with Crippen LogP contribution in [0.3, 0.4) is 0 Å². The van der Waals surface area contributed by atoms with Gasteiger partial charge in [0, 0.05) is 30.5 Å². The Balaban J connectivity index is 2.17. The van der Waals surface area contributed by atoms with Gasteiger partial charge in [-0.1, -0.05) is 0 Å². The minimum atomic E-state index is -0.163. The molecule has 2 N–H and O–H groups in total. The Bertz CT molecular complexity index is 410. The van der Waals surface area contributed by atoms with Gasteiger partial charge in [0.25, 0.3) is 5.91 Å². The van der Waals surface area contributed by atoms with Crippen molar-refractivity contribution in [1.29, 1.82) is 0 Å². The standard InChI is InChI=1S/C12H15NO3S/c1-13(9-2-3-17-7-9)12(16)8-4-10(14)6-11(15)5-8/h4-6,9,14-15H,2-3,7H2,1H3.